The number of benzene rings is 1. The van der Waals surface area contributed by atoms with Crippen LogP contribution < -0.4 is 0 Å². The summed E-state index contributed by atoms with van der Waals surface area (Å²) in [4.78, 5) is 11.3. The van der Waals surface area contributed by atoms with Crippen molar-refractivity contribution in [3.63, 3.8) is 0 Å². The van der Waals surface area contributed by atoms with Crippen LogP contribution in [0.1, 0.15) is 29.6 Å². The van der Waals surface area contributed by atoms with Gasteiger partial charge in [0.1, 0.15) is 5.56 Å². The summed E-state index contributed by atoms with van der Waals surface area (Å²) in [5, 5.41) is 0. The third kappa shape index (κ3) is 2.69. The van der Waals surface area contributed by atoms with E-state index in [0.29, 0.717) is 12.3 Å². The third-order valence-corrected chi connectivity index (χ3v) is 2.87. The number of carbonyl (C=O) groups is 1. The highest BCUT2D eigenvalue weighted by Crippen LogP contribution is 2.32. The molecule has 1 aromatic carbocycles. The normalized spacial score (nSPS) is 14.6. The number of halogens is 5. The first-order valence-corrected chi connectivity index (χ1v) is 5.62. The Labute approximate surface area is 105 Å². The van der Waals surface area contributed by atoms with Gasteiger partial charge in [0.05, 0.1) is 6.61 Å². The van der Waals surface area contributed by atoms with E-state index in [0.717, 1.165) is 12.8 Å². The Morgan fingerprint density at radius 2 is 1.42 bits per heavy atom. The van der Waals surface area contributed by atoms with Crippen molar-refractivity contribution in [2.75, 3.05) is 6.61 Å². The van der Waals surface area contributed by atoms with E-state index >= 15 is 0 Å². The van der Waals surface area contributed by atoms with E-state index in [1.807, 2.05) is 0 Å². The number of esters is 1. The molecule has 0 heterocycles. The minimum Gasteiger partial charge on any atom is -0.462 e. The van der Waals surface area contributed by atoms with Gasteiger partial charge in [0.2, 0.25) is 5.82 Å². The van der Waals surface area contributed by atoms with Crippen LogP contribution in [-0.4, -0.2) is 12.6 Å². The van der Waals surface area contributed by atoms with E-state index in [-0.39, 0.29) is 6.61 Å². The Balaban J connectivity index is 2.20. The number of hydrogen-bond acceptors (Lipinski definition) is 2. The molecule has 0 unspecified atom stereocenters. The van der Waals surface area contributed by atoms with E-state index in [4.69, 9.17) is 0 Å². The number of hydrogen-bond donors (Lipinski definition) is 0. The largest absolute Gasteiger partial charge is 0.462 e. The highest BCUT2D eigenvalue weighted by molar-refractivity contribution is 5.90. The molecule has 0 bridgehead atoms. The van der Waals surface area contributed by atoms with Crippen molar-refractivity contribution in [1.29, 1.82) is 0 Å². The van der Waals surface area contributed by atoms with Gasteiger partial charge in [-0.05, 0) is 12.3 Å². The zero-order chi connectivity index (χ0) is 14.2. The predicted octanol–water partition coefficient (Wildman–Crippen LogP) is 3.34. The molecule has 0 N–H and O–H groups in total. The summed E-state index contributed by atoms with van der Waals surface area (Å²) >= 11 is 0. The molecule has 0 amide bonds. The Kier molecular flexibility index (Phi) is 3.73. The van der Waals surface area contributed by atoms with Crippen molar-refractivity contribution >= 4 is 5.97 Å². The summed E-state index contributed by atoms with van der Waals surface area (Å²) in [7, 11) is 0. The van der Waals surface area contributed by atoms with E-state index < -0.39 is 40.6 Å². The van der Waals surface area contributed by atoms with Crippen LogP contribution in [-0.2, 0) is 4.74 Å². The minimum absolute atomic E-state index is 0.108. The molecule has 7 heteroatoms. The second-order valence-corrected chi connectivity index (χ2v) is 4.31. The Bertz CT molecular complexity index is 496. The minimum atomic E-state index is -2.30. The Morgan fingerprint density at radius 1 is 0.947 bits per heavy atom. The van der Waals surface area contributed by atoms with Crippen molar-refractivity contribution in [2.45, 2.75) is 19.3 Å². The highest BCUT2D eigenvalue weighted by Gasteiger charge is 2.31. The summed E-state index contributed by atoms with van der Waals surface area (Å²) in [6.07, 6.45) is 2.49. The van der Waals surface area contributed by atoms with Gasteiger partial charge >= 0.3 is 5.97 Å². The van der Waals surface area contributed by atoms with Crippen molar-refractivity contribution in [1.82, 2.24) is 0 Å². The summed E-state index contributed by atoms with van der Waals surface area (Å²) in [6, 6.07) is 0. The fourth-order valence-electron chi connectivity index (χ4n) is 1.58. The zero-order valence-corrected chi connectivity index (χ0v) is 9.61. The van der Waals surface area contributed by atoms with Crippen molar-refractivity contribution < 1.29 is 31.5 Å². The van der Waals surface area contributed by atoms with Gasteiger partial charge < -0.3 is 4.74 Å². The molecular formula is C12H9F5O2. The molecule has 0 radical (unpaired) electrons. The molecule has 104 valence electrons. The summed E-state index contributed by atoms with van der Waals surface area (Å²) in [5.74, 6) is -12.1. The lowest BCUT2D eigenvalue weighted by atomic mass is 10.1. The maximum atomic E-state index is 13.2. The smallest absolute Gasteiger partial charge is 0.344 e. The van der Waals surface area contributed by atoms with Crippen LogP contribution in [0.5, 0.6) is 0 Å². The average molecular weight is 280 g/mol. The van der Waals surface area contributed by atoms with Gasteiger partial charge in [-0.25, -0.2) is 26.7 Å². The molecule has 2 rings (SSSR count). The molecule has 1 saturated carbocycles. The second-order valence-electron chi connectivity index (χ2n) is 4.31. The maximum Gasteiger partial charge on any atom is 0.344 e. The topological polar surface area (TPSA) is 26.3 Å². The van der Waals surface area contributed by atoms with E-state index in [2.05, 4.69) is 4.74 Å². The fourth-order valence-corrected chi connectivity index (χ4v) is 1.58. The lowest BCUT2D eigenvalue weighted by molar-refractivity contribution is 0.0480. The first kappa shape index (κ1) is 13.8. The van der Waals surface area contributed by atoms with Gasteiger partial charge in [0, 0.05) is 0 Å². The van der Waals surface area contributed by atoms with Crippen LogP contribution in [0.3, 0.4) is 0 Å². The summed E-state index contributed by atoms with van der Waals surface area (Å²) in [5.41, 5.74) is -1.55. The zero-order valence-electron chi connectivity index (χ0n) is 9.61. The van der Waals surface area contributed by atoms with Gasteiger partial charge in [0.25, 0.3) is 0 Å². The van der Waals surface area contributed by atoms with Gasteiger partial charge in [-0.15, -0.1) is 0 Å². The standard InChI is InChI=1S/C12H9F5O2/c13-7-6(8(14)10(16)11(17)9(7)15)12(18)19-4-3-5-1-2-5/h5H,1-4H2. The SMILES string of the molecule is O=C(OCCC1CC1)c1c(F)c(F)c(F)c(F)c1F. The lowest BCUT2D eigenvalue weighted by Crippen LogP contribution is -2.16. The molecule has 0 spiro atoms. The summed E-state index contributed by atoms with van der Waals surface area (Å²) < 4.78 is 69.4. The summed E-state index contributed by atoms with van der Waals surface area (Å²) in [6.45, 7) is -0.108. The third-order valence-electron chi connectivity index (χ3n) is 2.87. The van der Waals surface area contributed by atoms with E-state index in [9.17, 15) is 26.7 Å². The molecule has 0 aromatic heterocycles. The van der Waals surface area contributed by atoms with Crippen LogP contribution in [0.2, 0.25) is 0 Å². The molecule has 1 aliphatic carbocycles. The van der Waals surface area contributed by atoms with Crippen LogP contribution >= 0.6 is 0 Å². The molecule has 1 aliphatic rings. The van der Waals surface area contributed by atoms with Crippen LogP contribution in [0, 0.1) is 35.0 Å². The van der Waals surface area contributed by atoms with E-state index in [1.54, 1.807) is 0 Å². The predicted molar refractivity (Wildman–Crippen MR) is 53.9 cm³/mol. The van der Waals surface area contributed by atoms with Crippen LogP contribution in [0.4, 0.5) is 22.0 Å². The number of carbonyl (C=O) groups excluding carboxylic acids is 1. The quantitative estimate of drug-likeness (QED) is 0.366. The number of ether oxygens (including phenoxy) is 1. The average Bonchev–Trinajstić information content (AvgIpc) is 3.18. The molecular weight excluding hydrogens is 271 g/mol. The molecule has 19 heavy (non-hydrogen) atoms. The highest BCUT2D eigenvalue weighted by atomic mass is 19.2. The molecule has 0 atom stereocenters. The van der Waals surface area contributed by atoms with Crippen LogP contribution in [0.15, 0.2) is 0 Å². The van der Waals surface area contributed by atoms with Crippen molar-refractivity contribution in [2.24, 2.45) is 5.92 Å². The lowest BCUT2D eigenvalue weighted by Gasteiger charge is -2.08. The monoisotopic (exact) mass is 280 g/mol. The van der Waals surface area contributed by atoms with Gasteiger partial charge in [-0.3, -0.25) is 0 Å². The van der Waals surface area contributed by atoms with Gasteiger partial charge in [0.15, 0.2) is 23.3 Å². The van der Waals surface area contributed by atoms with Crippen LogP contribution in [0.25, 0.3) is 0 Å². The van der Waals surface area contributed by atoms with Crippen molar-refractivity contribution in [3.05, 3.63) is 34.6 Å². The maximum absolute atomic E-state index is 13.2. The number of rotatable bonds is 4. The molecule has 0 saturated heterocycles. The Hall–Kier alpha value is -1.66. The molecule has 1 aromatic rings. The molecule has 0 aliphatic heterocycles. The molecule has 1 fully saturated rings. The fraction of sp³-hybridized carbons (Fsp3) is 0.417. The Morgan fingerprint density at radius 3 is 1.89 bits per heavy atom. The van der Waals surface area contributed by atoms with Gasteiger partial charge in [-0.1, -0.05) is 12.8 Å². The van der Waals surface area contributed by atoms with E-state index in [1.165, 1.54) is 0 Å². The first-order valence-electron chi connectivity index (χ1n) is 5.62. The van der Waals surface area contributed by atoms with Gasteiger partial charge in [-0.2, -0.15) is 0 Å². The molecule has 2 nitrogen and oxygen atoms in total. The second kappa shape index (κ2) is 5.14. The van der Waals surface area contributed by atoms with Crippen molar-refractivity contribution in [3.8, 4) is 0 Å². The first-order chi connectivity index (χ1) is 8.93.